The molecule has 3 nitrogen and oxygen atoms in total. The van der Waals surface area contributed by atoms with Gasteiger partial charge in [-0.15, -0.1) is 0 Å². The molecule has 0 aromatic heterocycles. The second-order valence-corrected chi connectivity index (χ2v) is 2.22. The van der Waals surface area contributed by atoms with Crippen LogP contribution in [0.2, 0.25) is 0 Å². The predicted octanol–water partition coefficient (Wildman–Crippen LogP) is -0.226. The number of hydrogen-bond donors (Lipinski definition) is 2. The van der Waals surface area contributed by atoms with Crippen molar-refractivity contribution in [2.45, 2.75) is 6.04 Å². The van der Waals surface area contributed by atoms with Crippen molar-refractivity contribution in [3.63, 3.8) is 0 Å². The van der Waals surface area contributed by atoms with E-state index in [-0.39, 0.29) is 6.04 Å². The predicted molar refractivity (Wildman–Crippen MR) is 39.3 cm³/mol. The van der Waals surface area contributed by atoms with Crippen molar-refractivity contribution in [3.8, 4) is 0 Å². The molecule has 3 heteroatoms. The van der Waals surface area contributed by atoms with E-state index in [0.29, 0.717) is 13.0 Å². The topological polar surface area (TPSA) is 41.1 Å². The highest BCUT2D eigenvalue weighted by atomic mass is 16.1. The molecule has 1 rings (SSSR count). The molecule has 10 heavy (non-hydrogen) atoms. The molecule has 1 aliphatic rings. The SMILES string of the molecule is C=C1NCC(NC=O)C1=C. The highest BCUT2D eigenvalue weighted by Crippen LogP contribution is 2.13. The van der Waals surface area contributed by atoms with Gasteiger partial charge in [0.15, 0.2) is 0 Å². The Kier molecular flexibility index (Phi) is 1.76. The van der Waals surface area contributed by atoms with Crippen LogP contribution in [-0.2, 0) is 4.79 Å². The van der Waals surface area contributed by atoms with Gasteiger partial charge in [0.2, 0.25) is 6.41 Å². The number of nitrogens with one attached hydrogen (secondary N) is 2. The van der Waals surface area contributed by atoms with Crippen LogP contribution in [0, 0.1) is 0 Å². The second-order valence-electron chi connectivity index (χ2n) is 2.22. The molecule has 0 radical (unpaired) electrons. The van der Waals surface area contributed by atoms with E-state index < -0.39 is 0 Å². The molecule has 1 fully saturated rings. The first-order valence-corrected chi connectivity index (χ1v) is 3.07. The van der Waals surface area contributed by atoms with Gasteiger partial charge in [-0.25, -0.2) is 0 Å². The van der Waals surface area contributed by atoms with E-state index in [1.165, 1.54) is 0 Å². The molecule has 1 saturated heterocycles. The minimum absolute atomic E-state index is 0.0324. The molecule has 0 aromatic carbocycles. The molecule has 1 heterocycles. The Labute approximate surface area is 59.8 Å². The van der Waals surface area contributed by atoms with Crippen molar-refractivity contribution >= 4 is 6.41 Å². The second kappa shape index (κ2) is 2.56. The highest BCUT2D eigenvalue weighted by Gasteiger charge is 2.20. The molecule has 1 atom stereocenters. The van der Waals surface area contributed by atoms with Crippen LogP contribution in [0.3, 0.4) is 0 Å². The lowest BCUT2D eigenvalue weighted by Crippen LogP contribution is -2.30. The summed E-state index contributed by atoms with van der Waals surface area (Å²) in [7, 11) is 0. The fraction of sp³-hybridized carbons (Fsp3) is 0.286. The van der Waals surface area contributed by atoms with Crippen LogP contribution < -0.4 is 10.6 Å². The summed E-state index contributed by atoms with van der Waals surface area (Å²) in [6.45, 7) is 8.16. The van der Waals surface area contributed by atoms with Crippen LogP contribution >= 0.6 is 0 Å². The van der Waals surface area contributed by atoms with Gasteiger partial charge in [0, 0.05) is 12.2 Å². The fourth-order valence-corrected chi connectivity index (χ4v) is 0.914. The Balaban J connectivity index is 2.57. The molecule has 0 saturated carbocycles. The smallest absolute Gasteiger partial charge is 0.207 e. The molecule has 1 amide bonds. The Hall–Kier alpha value is -1.25. The molecular formula is C7H10N2O. The van der Waals surface area contributed by atoms with E-state index in [2.05, 4.69) is 23.8 Å². The Morgan fingerprint density at radius 2 is 2.40 bits per heavy atom. The molecule has 0 bridgehead atoms. The summed E-state index contributed by atoms with van der Waals surface area (Å²) in [6, 6.07) is 0.0324. The van der Waals surface area contributed by atoms with Crippen molar-refractivity contribution < 1.29 is 4.79 Å². The summed E-state index contributed by atoms with van der Waals surface area (Å²) < 4.78 is 0. The van der Waals surface area contributed by atoms with E-state index >= 15 is 0 Å². The van der Waals surface area contributed by atoms with Gasteiger partial charge in [-0.05, 0) is 5.57 Å². The third-order valence-corrected chi connectivity index (χ3v) is 1.60. The summed E-state index contributed by atoms with van der Waals surface area (Å²) in [5, 5.41) is 5.61. The maximum Gasteiger partial charge on any atom is 0.207 e. The summed E-state index contributed by atoms with van der Waals surface area (Å²) in [4.78, 5) is 10.0. The lowest BCUT2D eigenvalue weighted by molar-refractivity contribution is -0.109. The zero-order chi connectivity index (χ0) is 7.56. The maximum atomic E-state index is 10.0. The van der Waals surface area contributed by atoms with Gasteiger partial charge < -0.3 is 10.6 Å². The van der Waals surface area contributed by atoms with Gasteiger partial charge in [-0.2, -0.15) is 0 Å². The average Bonchev–Trinajstić information content (AvgIpc) is 2.20. The van der Waals surface area contributed by atoms with Crippen molar-refractivity contribution in [1.82, 2.24) is 10.6 Å². The zero-order valence-electron chi connectivity index (χ0n) is 5.68. The quantitative estimate of drug-likeness (QED) is 0.518. The van der Waals surface area contributed by atoms with Gasteiger partial charge in [0.25, 0.3) is 0 Å². The molecule has 1 unspecified atom stereocenters. The van der Waals surface area contributed by atoms with Gasteiger partial charge in [-0.3, -0.25) is 4.79 Å². The van der Waals surface area contributed by atoms with Crippen molar-refractivity contribution in [3.05, 3.63) is 24.4 Å². The van der Waals surface area contributed by atoms with Crippen molar-refractivity contribution in [1.29, 1.82) is 0 Å². The average molecular weight is 138 g/mol. The number of rotatable bonds is 2. The highest BCUT2D eigenvalue weighted by molar-refractivity contribution is 5.50. The Morgan fingerprint density at radius 3 is 2.80 bits per heavy atom. The van der Waals surface area contributed by atoms with Crippen LogP contribution in [0.15, 0.2) is 24.4 Å². The number of amides is 1. The standard InChI is InChI=1S/C7H10N2O/c1-5-6(2)8-3-7(5)9-4-10/h4,7-8H,1-3H2,(H,9,10). The van der Waals surface area contributed by atoms with Crippen LogP contribution in [0.4, 0.5) is 0 Å². The summed E-state index contributed by atoms with van der Waals surface area (Å²) in [5.41, 5.74) is 1.69. The Bertz CT molecular complexity index is 186. The fourth-order valence-electron chi connectivity index (χ4n) is 0.914. The number of hydrogen-bond acceptors (Lipinski definition) is 2. The lowest BCUT2D eigenvalue weighted by Gasteiger charge is -2.05. The van der Waals surface area contributed by atoms with Crippen LogP contribution in [0.1, 0.15) is 0 Å². The van der Waals surface area contributed by atoms with Crippen LogP contribution in [-0.4, -0.2) is 19.0 Å². The van der Waals surface area contributed by atoms with Gasteiger partial charge in [-0.1, -0.05) is 13.2 Å². The van der Waals surface area contributed by atoms with E-state index in [1.54, 1.807) is 0 Å². The largest absolute Gasteiger partial charge is 0.383 e. The maximum absolute atomic E-state index is 10.0. The first-order chi connectivity index (χ1) is 4.75. The number of carbonyl (C=O) groups excluding carboxylic acids is 1. The molecule has 0 spiro atoms. The molecule has 54 valence electrons. The van der Waals surface area contributed by atoms with Gasteiger partial charge in [0.1, 0.15) is 0 Å². The van der Waals surface area contributed by atoms with Crippen molar-refractivity contribution in [2.75, 3.05) is 6.54 Å². The monoisotopic (exact) mass is 138 g/mol. The molecule has 2 N–H and O–H groups in total. The summed E-state index contributed by atoms with van der Waals surface area (Å²) >= 11 is 0. The zero-order valence-corrected chi connectivity index (χ0v) is 5.68. The number of carbonyl (C=O) groups is 1. The third-order valence-electron chi connectivity index (χ3n) is 1.60. The first kappa shape index (κ1) is 6.86. The van der Waals surface area contributed by atoms with Crippen LogP contribution in [0.25, 0.3) is 0 Å². The summed E-state index contributed by atoms with van der Waals surface area (Å²) in [5.74, 6) is 0. The minimum Gasteiger partial charge on any atom is -0.383 e. The molecule has 1 aliphatic heterocycles. The van der Waals surface area contributed by atoms with Crippen molar-refractivity contribution in [2.24, 2.45) is 0 Å². The minimum atomic E-state index is 0.0324. The lowest BCUT2D eigenvalue weighted by atomic mass is 10.1. The van der Waals surface area contributed by atoms with Gasteiger partial charge in [0.05, 0.1) is 6.04 Å². The van der Waals surface area contributed by atoms with Crippen LogP contribution in [0.5, 0.6) is 0 Å². The molecule has 0 aliphatic carbocycles. The Morgan fingerprint density at radius 1 is 1.70 bits per heavy atom. The van der Waals surface area contributed by atoms with Gasteiger partial charge >= 0.3 is 0 Å². The first-order valence-electron chi connectivity index (χ1n) is 3.07. The molecule has 0 aromatic rings. The van der Waals surface area contributed by atoms with E-state index in [0.717, 1.165) is 11.3 Å². The van der Waals surface area contributed by atoms with E-state index in [4.69, 9.17) is 0 Å². The summed E-state index contributed by atoms with van der Waals surface area (Å²) in [6.07, 6.45) is 0.677. The third kappa shape index (κ3) is 1.03. The molecular weight excluding hydrogens is 128 g/mol. The van der Waals surface area contributed by atoms with E-state index in [9.17, 15) is 4.79 Å². The normalized spacial score (nSPS) is 24.2. The van der Waals surface area contributed by atoms with E-state index in [1.807, 2.05) is 0 Å².